The molecule has 3 heteroatoms. The summed E-state index contributed by atoms with van der Waals surface area (Å²) in [4.78, 5) is 4.81. The Morgan fingerprint density at radius 1 is 1.06 bits per heavy atom. The van der Waals surface area contributed by atoms with Gasteiger partial charge in [0, 0.05) is 31.9 Å². The Bertz CT molecular complexity index is 315. The minimum atomic E-state index is -0.159. The van der Waals surface area contributed by atoms with Crippen molar-refractivity contribution in [1.82, 2.24) is 4.90 Å². The summed E-state index contributed by atoms with van der Waals surface area (Å²) in [6.45, 7) is 7.73. The van der Waals surface area contributed by atoms with E-state index in [9.17, 15) is 4.39 Å². The van der Waals surface area contributed by atoms with Gasteiger partial charge in [-0.3, -0.25) is 4.90 Å². The highest BCUT2D eigenvalue weighted by Crippen LogP contribution is 2.16. The van der Waals surface area contributed by atoms with E-state index in [1.54, 1.807) is 0 Å². The molecular weight excluding hydrogens is 203 g/mol. The Morgan fingerprint density at radius 3 is 2.25 bits per heavy atom. The SMILES string of the molecule is CCCN1CCN(c2ccc(F)cc2)CC1. The zero-order valence-electron chi connectivity index (χ0n) is 9.82. The molecule has 0 spiro atoms. The predicted octanol–water partition coefficient (Wildman–Crippen LogP) is 2.36. The normalized spacial score (nSPS) is 17.8. The molecule has 1 aromatic carbocycles. The minimum absolute atomic E-state index is 0.159. The first-order valence-electron chi connectivity index (χ1n) is 6.02. The van der Waals surface area contributed by atoms with Crippen molar-refractivity contribution >= 4 is 5.69 Å². The number of hydrogen-bond donors (Lipinski definition) is 0. The third-order valence-electron chi connectivity index (χ3n) is 3.10. The van der Waals surface area contributed by atoms with Crippen molar-refractivity contribution in [2.24, 2.45) is 0 Å². The van der Waals surface area contributed by atoms with Crippen LogP contribution in [0.2, 0.25) is 0 Å². The van der Waals surface area contributed by atoms with Crippen molar-refractivity contribution in [2.45, 2.75) is 13.3 Å². The van der Waals surface area contributed by atoms with Crippen LogP contribution in [-0.2, 0) is 0 Å². The third-order valence-corrected chi connectivity index (χ3v) is 3.10. The van der Waals surface area contributed by atoms with Crippen LogP contribution >= 0.6 is 0 Å². The molecule has 0 unspecified atom stereocenters. The maximum atomic E-state index is 12.8. The fourth-order valence-corrected chi connectivity index (χ4v) is 2.20. The largest absolute Gasteiger partial charge is 0.369 e. The van der Waals surface area contributed by atoms with Crippen LogP contribution in [0, 0.1) is 5.82 Å². The first-order chi connectivity index (χ1) is 7.79. The average molecular weight is 222 g/mol. The van der Waals surface area contributed by atoms with Gasteiger partial charge >= 0.3 is 0 Å². The predicted molar refractivity (Wildman–Crippen MR) is 65.3 cm³/mol. The van der Waals surface area contributed by atoms with E-state index in [-0.39, 0.29) is 5.82 Å². The highest BCUT2D eigenvalue weighted by Gasteiger charge is 2.15. The Balaban J connectivity index is 1.91. The Labute approximate surface area is 96.7 Å². The van der Waals surface area contributed by atoms with E-state index in [1.165, 1.54) is 25.1 Å². The van der Waals surface area contributed by atoms with Gasteiger partial charge in [0.1, 0.15) is 5.82 Å². The average Bonchev–Trinajstić information content (AvgIpc) is 2.32. The van der Waals surface area contributed by atoms with E-state index in [2.05, 4.69) is 16.7 Å². The molecule has 1 saturated heterocycles. The van der Waals surface area contributed by atoms with Crippen molar-refractivity contribution < 1.29 is 4.39 Å². The van der Waals surface area contributed by atoms with Crippen LogP contribution in [0.4, 0.5) is 10.1 Å². The maximum Gasteiger partial charge on any atom is 0.123 e. The standard InChI is InChI=1S/C13H19FN2/c1-2-7-15-8-10-16(11-9-15)13-5-3-12(14)4-6-13/h3-6H,2,7-11H2,1H3. The van der Waals surface area contributed by atoms with Gasteiger partial charge in [0.2, 0.25) is 0 Å². The summed E-state index contributed by atoms with van der Waals surface area (Å²) in [5.74, 6) is -0.159. The van der Waals surface area contributed by atoms with E-state index in [0.717, 1.165) is 31.9 Å². The second kappa shape index (κ2) is 5.30. The highest BCUT2D eigenvalue weighted by molar-refractivity contribution is 5.46. The fourth-order valence-electron chi connectivity index (χ4n) is 2.20. The molecule has 0 N–H and O–H groups in total. The van der Waals surface area contributed by atoms with Crippen molar-refractivity contribution in [3.05, 3.63) is 30.1 Å². The summed E-state index contributed by atoms with van der Waals surface area (Å²) in [5.41, 5.74) is 1.14. The lowest BCUT2D eigenvalue weighted by molar-refractivity contribution is 0.258. The number of nitrogens with zero attached hydrogens (tertiary/aromatic N) is 2. The van der Waals surface area contributed by atoms with Crippen LogP contribution in [0.25, 0.3) is 0 Å². The minimum Gasteiger partial charge on any atom is -0.369 e. The van der Waals surface area contributed by atoms with E-state index in [0.29, 0.717) is 0 Å². The molecule has 1 aliphatic rings. The van der Waals surface area contributed by atoms with Gasteiger partial charge < -0.3 is 4.90 Å². The lowest BCUT2D eigenvalue weighted by Gasteiger charge is -2.35. The van der Waals surface area contributed by atoms with Crippen molar-refractivity contribution in [3.63, 3.8) is 0 Å². The van der Waals surface area contributed by atoms with Gasteiger partial charge in [0.15, 0.2) is 0 Å². The Morgan fingerprint density at radius 2 is 1.69 bits per heavy atom. The van der Waals surface area contributed by atoms with Crippen LogP contribution in [0.5, 0.6) is 0 Å². The highest BCUT2D eigenvalue weighted by atomic mass is 19.1. The van der Waals surface area contributed by atoms with E-state index >= 15 is 0 Å². The number of piperazine rings is 1. The number of hydrogen-bond acceptors (Lipinski definition) is 2. The lowest BCUT2D eigenvalue weighted by Crippen LogP contribution is -2.46. The zero-order chi connectivity index (χ0) is 11.4. The molecule has 88 valence electrons. The van der Waals surface area contributed by atoms with Gasteiger partial charge in [0.05, 0.1) is 0 Å². The molecule has 2 nitrogen and oxygen atoms in total. The number of anilines is 1. The Hall–Kier alpha value is -1.09. The summed E-state index contributed by atoms with van der Waals surface area (Å²) in [5, 5.41) is 0. The quantitative estimate of drug-likeness (QED) is 0.774. The molecule has 0 amide bonds. The second-order valence-electron chi connectivity index (χ2n) is 4.31. The van der Waals surface area contributed by atoms with Crippen LogP contribution in [0.1, 0.15) is 13.3 Å². The first-order valence-corrected chi connectivity index (χ1v) is 6.02. The summed E-state index contributed by atoms with van der Waals surface area (Å²) in [6, 6.07) is 6.80. The van der Waals surface area contributed by atoms with Gasteiger partial charge in [-0.2, -0.15) is 0 Å². The van der Waals surface area contributed by atoms with Gasteiger partial charge in [-0.1, -0.05) is 6.92 Å². The fraction of sp³-hybridized carbons (Fsp3) is 0.538. The topological polar surface area (TPSA) is 6.48 Å². The van der Waals surface area contributed by atoms with Gasteiger partial charge in [0.25, 0.3) is 0 Å². The molecular formula is C13H19FN2. The molecule has 2 rings (SSSR count). The molecule has 0 aromatic heterocycles. The van der Waals surface area contributed by atoms with Gasteiger partial charge in [-0.05, 0) is 37.2 Å². The first kappa shape index (κ1) is 11.4. The summed E-state index contributed by atoms with van der Waals surface area (Å²) in [6.07, 6.45) is 1.22. The number of benzene rings is 1. The van der Waals surface area contributed by atoms with E-state index in [4.69, 9.17) is 0 Å². The van der Waals surface area contributed by atoms with Gasteiger partial charge in [-0.15, -0.1) is 0 Å². The van der Waals surface area contributed by atoms with Crippen LogP contribution in [0.3, 0.4) is 0 Å². The smallest absolute Gasteiger partial charge is 0.123 e. The lowest BCUT2D eigenvalue weighted by atomic mass is 10.2. The van der Waals surface area contributed by atoms with Crippen molar-refractivity contribution in [1.29, 1.82) is 0 Å². The number of halogens is 1. The molecule has 1 aromatic rings. The molecule has 1 fully saturated rings. The molecule has 16 heavy (non-hydrogen) atoms. The zero-order valence-corrected chi connectivity index (χ0v) is 9.82. The maximum absolute atomic E-state index is 12.8. The van der Waals surface area contributed by atoms with Crippen LogP contribution < -0.4 is 4.90 Å². The van der Waals surface area contributed by atoms with Gasteiger partial charge in [-0.25, -0.2) is 4.39 Å². The third kappa shape index (κ3) is 2.73. The summed E-state index contributed by atoms with van der Waals surface area (Å²) >= 11 is 0. The van der Waals surface area contributed by atoms with Crippen molar-refractivity contribution in [3.8, 4) is 0 Å². The molecule has 1 aliphatic heterocycles. The van der Waals surface area contributed by atoms with Crippen LogP contribution in [-0.4, -0.2) is 37.6 Å². The molecule has 0 radical (unpaired) electrons. The molecule has 0 bridgehead atoms. The number of rotatable bonds is 3. The molecule has 0 atom stereocenters. The second-order valence-corrected chi connectivity index (χ2v) is 4.31. The summed E-state index contributed by atoms with van der Waals surface area (Å²) < 4.78 is 12.8. The molecule has 0 saturated carbocycles. The van der Waals surface area contributed by atoms with E-state index < -0.39 is 0 Å². The molecule has 0 aliphatic carbocycles. The monoisotopic (exact) mass is 222 g/mol. The van der Waals surface area contributed by atoms with Crippen LogP contribution in [0.15, 0.2) is 24.3 Å². The molecule has 1 heterocycles. The Kier molecular flexibility index (Phi) is 3.78. The van der Waals surface area contributed by atoms with Crippen molar-refractivity contribution in [2.75, 3.05) is 37.6 Å². The summed E-state index contributed by atoms with van der Waals surface area (Å²) in [7, 11) is 0. The van der Waals surface area contributed by atoms with E-state index in [1.807, 2.05) is 12.1 Å².